The van der Waals surface area contributed by atoms with Crippen LogP contribution >= 0.6 is 0 Å². The minimum atomic E-state index is -1.45. The van der Waals surface area contributed by atoms with Gasteiger partial charge in [0.25, 0.3) is 0 Å². The van der Waals surface area contributed by atoms with E-state index >= 15 is 0 Å². The number of H-pyrrole nitrogens is 1. The Bertz CT molecular complexity index is 915. The van der Waals surface area contributed by atoms with Gasteiger partial charge in [-0.1, -0.05) is 26.6 Å². The highest BCUT2D eigenvalue weighted by molar-refractivity contribution is 6.83. The Morgan fingerprint density at radius 3 is 2.70 bits per heavy atom. The van der Waals surface area contributed by atoms with Crippen molar-refractivity contribution >= 4 is 30.0 Å². The van der Waals surface area contributed by atoms with E-state index in [-0.39, 0.29) is 0 Å². The first kappa shape index (κ1) is 15.5. The molecule has 0 spiro atoms. The number of nitrogens with one attached hydrogen (secondary N) is 1. The van der Waals surface area contributed by atoms with E-state index in [1.54, 1.807) is 12.4 Å². The van der Waals surface area contributed by atoms with Gasteiger partial charge in [0.05, 0.1) is 30.0 Å². The first-order valence-corrected chi connectivity index (χ1v) is 11.3. The lowest BCUT2D eigenvalue weighted by molar-refractivity contribution is 0.306. The van der Waals surface area contributed by atoms with Crippen molar-refractivity contribution in [1.82, 2.24) is 19.9 Å². The van der Waals surface area contributed by atoms with Gasteiger partial charge in [-0.25, -0.2) is 15.0 Å². The molecule has 0 aliphatic rings. The summed E-state index contributed by atoms with van der Waals surface area (Å²) in [4.78, 5) is 16.5. The molecule has 0 aliphatic heterocycles. The largest absolute Gasteiger partial charge is 0.478 e. The van der Waals surface area contributed by atoms with Crippen LogP contribution in [0.15, 0.2) is 18.5 Å². The molecule has 23 heavy (non-hydrogen) atoms. The average Bonchev–Trinajstić information content (AvgIpc) is 2.87. The number of aromatic nitrogens is 4. The van der Waals surface area contributed by atoms with Crippen molar-refractivity contribution in [2.24, 2.45) is 0 Å². The summed E-state index contributed by atoms with van der Waals surface area (Å²) in [5.74, 6) is 4.29. The van der Waals surface area contributed by atoms with E-state index < -0.39 is 8.07 Å². The summed E-state index contributed by atoms with van der Waals surface area (Å²) < 4.78 is 5.61. The van der Waals surface area contributed by atoms with Crippen molar-refractivity contribution in [3.05, 3.63) is 24.3 Å². The summed E-state index contributed by atoms with van der Waals surface area (Å²) in [7, 11) is -1.45. The third-order valence-corrected chi connectivity index (χ3v) is 4.07. The molecule has 6 heteroatoms. The van der Waals surface area contributed by atoms with Crippen LogP contribution in [0, 0.1) is 11.5 Å². The molecule has 0 amide bonds. The van der Waals surface area contributed by atoms with E-state index in [1.165, 1.54) is 0 Å². The molecule has 0 saturated carbocycles. The Morgan fingerprint density at radius 2 is 1.96 bits per heavy atom. The van der Waals surface area contributed by atoms with Crippen LogP contribution in [0.1, 0.15) is 19.2 Å². The van der Waals surface area contributed by atoms with Crippen LogP contribution in [-0.4, -0.2) is 34.6 Å². The van der Waals surface area contributed by atoms with E-state index in [9.17, 15) is 0 Å². The van der Waals surface area contributed by atoms with Crippen LogP contribution in [0.4, 0.5) is 0 Å². The van der Waals surface area contributed by atoms with E-state index in [1.807, 2.05) is 6.07 Å². The topological polar surface area (TPSA) is 63.7 Å². The number of hydrogen-bond donors (Lipinski definition) is 1. The Labute approximate surface area is 136 Å². The third kappa shape index (κ3) is 3.51. The highest BCUT2D eigenvalue weighted by Gasteiger charge is 2.10. The Morgan fingerprint density at radius 1 is 1.17 bits per heavy atom. The number of fused-ring (bicyclic) bond motifs is 3. The van der Waals surface area contributed by atoms with Gasteiger partial charge in [-0.15, -0.1) is 5.54 Å². The first-order chi connectivity index (χ1) is 11.0. The van der Waals surface area contributed by atoms with Gasteiger partial charge in [0.2, 0.25) is 11.7 Å². The van der Waals surface area contributed by atoms with Crippen LogP contribution in [-0.2, 0) is 0 Å². The van der Waals surface area contributed by atoms with Crippen LogP contribution in [0.2, 0.25) is 19.6 Å². The number of ether oxygens (including phenoxy) is 1. The van der Waals surface area contributed by atoms with Crippen molar-refractivity contribution in [3.63, 3.8) is 0 Å². The van der Waals surface area contributed by atoms with E-state index in [0.717, 1.165) is 28.4 Å². The summed E-state index contributed by atoms with van der Waals surface area (Å²) in [5, 5.41) is 0.986. The minimum Gasteiger partial charge on any atom is -0.478 e. The number of rotatable bonds is 3. The fraction of sp³-hybridized carbons (Fsp3) is 0.353. The number of pyridine rings is 1. The van der Waals surface area contributed by atoms with Crippen molar-refractivity contribution < 1.29 is 4.74 Å². The monoisotopic (exact) mass is 324 g/mol. The molecule has 3 aromatic rings. The van der Waals surface area contributed by atoms with Crippen molar-refractivity contribution in [2.45, 2.75) is 33.0 Å². The maximum Gasteiger partial charge on any atom is 0.213 e. The molecule has 3 heterocycles. The highest BCUT2D eigenvalue weighted by Crippen LogP contribution is 2.25. The predicted octanol–water partition coefficient (Wildman–Crippen LogP) is 3.52. The first-order valence-electron chi connectivity index (χ1n) is 7.77. The maximum atomic E-state index is 5.61. The molecule has 0 radical (unpaired) electrons. The van der Waals surface area contributed by atoms with Gasteiger partial charge in [0.15, 0.2) is 0 Å². The summed E-state index contributed by atoms with van der Waals surface area (Å²) in [6, 6.07) is 1.92. The van der Waals surface area contributed by atoms with Crippen molar-refractivity contribution in [2.75, 3.05) is 6.61 Å². The predicted molar refractivity (Wildman–Crippen MR) is 95.2 cm³/mol. The van der Waals surface area contributed by atoms with Crippen LogP contribution in [0.25, 0.3) is 21.9 Å². The lowest BCUT2D eigenvalue weighted by Gasteiger charge is -2.03. The number of hydrogen-bond acceptors (Lipinski definition) is 4. The molecular formula is C17H20N4OSi. The van der Waals surface area contributed by atoms with E-state index in [0.29, 0.717) is 18.3 Å². The zero-order chi connectivity index (χ0) is 16.4. The molecule has 0 fully saturated rings. The maximum absolute atomic E-state index is 5.61. The summed E-state index contributed by atoms with van der Waals surface area (Å²) in [5.41, 5.74) is 5.97. The van der Waals surface area contributed by atoms with Gasteiger partial charge in [-0.2, -0.15) is 0 Å². The van der Waals surface area contributed by atoms with Gasteiger partial charge < -0.3 is 9.72 Å². The quantitative estimate of drug-likeness (QED) is 0.591. The molecule has 3 aromatic heterocycles. The molecule has 118 valence electrons. The molecule has 0 unspecified atom stereocenters. The highest BCUT2D eigenvalue weighted by atomic mass is 28.3. The summed E-state index contributed by atoms with van der Waals surface area (Å²) in [6.45, 7) is 9.33. The minimum absolute atomic E-state index is 0.564. The number of nitrogens with zero attached hydrogens (tertiary/aromatic N) is 3. The second-order valence-electron chi connectivity index (χ2n) is 6.50. The summed E-state index contributed by atoms with van der Waals surface area (Å²) in [6.07, 6.45) is 4.50. The molecule has 0 bridgehead atoms. The average molecular weight is 324 g/mol. The Balaban J connectivity index is 2.08. The zero-order valence-electron chi connectivity index (χ0n) is 13.9. The lowest BCUT2D eigenvalue weighted by atomic mass is 10.3. The molecule has 0 atom stereocenters. The molecular weight excluding hydrogens is 304 g/mol. The molecule has 0 aliphatic carbocycles. The molecule has 5 nitrogen and oxygen atoms in total. The fourth-order valence-electron chi connectivity index (χ4n) is 2.14. The number of aromatic amines is 1. The van der Waals surface area contributed by atoms with Gasteiger partial charge in [0, 0.05) is 11.5 Å². The normalized spacial score (nSPS) is 11.5. The molecule has 1 N–H and O–H groups in total. The fourth-order valence-corrected chi connectivity index (χ4v) is 2.63. The lowest BCUT2D eigenvalue weighted by Crippen LogP contribution is -2.16. The van der Waals surface area contributed by atoms with Gasteiger partial charge in [0.1, 0.15) is 13.6 Å². The van der Waals surface area contributed by atoms with Crippen molar-refractivity contribution in [3.8, 4) is 17.3 Å². The van der Waals surface area contributed by atoms with Crippen LogP contribution in [0.5, 0.6) is 5.88 Å². The second-order valence-corrected chi connectivity index (χ2v) is 11.2. The van der Waals surface area contributed by atoms with Crippen LogP contribution < -0.4 is 4.74 Å². The van der Waals surface area contributed by atoms with Crippen LogP contribution in [0.3, 0.4) is 0 Å². The Hall–Kier alpha value is -2.39. The standard InChI is InChI=1S/C17H20N4OSi/c1-5-7-22-16-9-12-13(10-19-16)20-14-11-18-15(21-17(12)14)6-8-23(2,3)4/h9-11,20H,5,7H2,1-4H3. The molecule has 0 aromatic carbocycles. The zero-order valence-corrected chi connectivity index (χ0v) is 14.9. The smallest absolute Gasteiger partial charge is 0.213 e. The van der Waals surface area contributed by atoms with E-state index in [4.69, 9.17) is 4.74 Å². The van der Waals surface area contributed by atoms with Gasteiger partial charge >= 0.3 is 0 Å². The molecule has 3 rings (SSSR count). The second kappa shape index (κ2) is 6.01. The Kier molecular flexibility index (Phi) is 4.05. The summed E-state index contributed by atoms with van der Waals surface area (Å²) >= 11 is 0. The SMILES string of the molecule is CCCOc1cc2c(cn1)[nH]c1cnc(C#C[Si](C)(C)C)nc12. The van der Waals surface area contributed by atoms with Gasteiger partial charge in [-0.05, 0) is 12.3 Å². The van der Waals surface area contributed by atoms with E-state index in [2.05, 4.69) is 58.0 Å². The third-order valence-electron chi connectivity index (χ3n) is 3.20. The van der Waals surface area contributed by atoms with Gasteiger partial charge in [-0.3, -0.25) is 0 Å². The van der Waals surface area contributed by atoms with Crippen molar-refractivity contribution in [1.29, 1.82) is 0 Å². The molecule has 0 saturated heterocycles.